The van der Waals surface area contributed by atoms with Gasteiger partial charge in [0.05, 0.1) is 5.69 Å². The Morgan fingerprint density at radius 2 is 1.77 bits per heavy atom. The molecule has 0 saturated heterocycles. The van der Waals surface area contributed by atoms with Crippen molar-refractivity contribution < 1.29 is 9.32 Å². The van der Waals surface area contributed by atoms with Gasteiger partial charge < -0.3 is 9.42 Å². The normalized spacial score (nSPS) is 11.0. The zero-order chi connectivity index (χ0) is 25.1. The molecule has 0 fully saturated rings. The van der Waals surface area contributed by atoms with Crippen molar-refractivity contribution in [3.8, 4) is 17.2 Å². The Kier molecular flexibility index (Phi) is 6.72. The standard InChI is InChI=1S/C25H26N6O4/c1-5-30(19-9-7-6-8-17(19)3)21(32)15-14-20-26-23(28-35-20)22-24(33)29(4)25(34)31(27-22)18-12-10-16(2)11-13-18/h6-13H,5,14-15H2,1-4H3. The number of carbonyl (C=O) groups is 1. The Hall–Kier alpha value is -4.34. The summed E-state index contributed by atoms with van der Waals surface area (Å²) < 4.78 is 7.36. The highest BCUT2D eigenvalue weighted by Crippen LogP contribution is 2.20. The van der Waals surface area contributed by atoms with E-state index in [4.69, 9.17) is 4.52 Å². The van der Waals surface area contributed by atoms with Crippen molar-refractivity contribution in [2.75, 3.05) is 11.4 Å². The minimum atomic E-state index is -0.640. The molecule has 10 nitrogen and oxygen atoms in total. The molecule has 2 aromatic heterocycles. The maximum atomic E-state index is 12.9. The van der Waals surface area contributed by atoms with E-state index in [-0.39, 0.29) is 36.2 Å². The van der Waals surface area contributed by atoms with Crippen molar-refractivity contribution in [3.63, 3.8) is 0 Å². The first kappa shape index (κ1) is 23.8. The lowest BCUT2D eigenvalue weighted by Gasteiger charge is -2.22. The highest BCUT2D eigenvalue weighted by molar-refractivity contribution is 5.94. The first-order valence-corrected chi connectivity index (χ1v) is 11.3. The number of para-hydroxylation sites is 1. The predicted molar refractivity (Wildman–Crippen MR) is 131 cm³/mol. The Labute approximate surface area is 201 Å². The van der Waals surface area contributed by atoms with E-state index in [0.717, 1.165) is 26.1 Å². The topological polar surface area (TPSA) is 116 Å². The van der Waals surface area contributed by atoms with Crippen LogP contribution in [0.3, 0.4) is 0 Å². The highest BCUT2D eigenvalue weighted by Gasteiger charge is 2.21. The van der Waals surface area contributed by atoms with Crippen LogP contribution < -0.4 is 16.1 Å². The van der Waals surface area contributed by atoms with E-state index >= 15 is 0 Å². The largest absolute Gasteiger partial charge is 0.351 e. The van der Waals surface area contributed by atoms with Crippen LogP contribution in [0.5, 0.6) is 0 Å². The molecule has 4 aromatic rings. The van der Waals surface area contributed by atoms with Crippen LogP contribution in [-0.2, 0) is 18.3 Å². The molecule has 1 amide bonds. The molecule has 0 unspecified atom stereocenters. The van der Waals surface area contributed by atoms with E-state index in [1.807, 2.05) is 57.2 Å². The number of benzene rings is 2. The van der Waals surface area contributed by atoms with Crippen molar-refractivity contribution in [2.45, 2.75) is 33.6 Å². The SMILES string of the molecule is CCN(C(=O)CCc1nc(-c2nn(-c3ccc(C)cc3)c(=O)n(C)c2=O)no1)c1ccccc1C. The molecule has 0 aliphatic rings. The van der Waals surface area contributed by atoms with Crippen LogP contribution in [0.1, 0.15) is 30.4 Å². The molecular weight excluding hydrogens is 448 g/mol. The lowest BCUT2D eigenvalue weighted by molar-refractivity contribution is -0.118. The summed E-state index contributed by atoms with van der Waals surface area (Å²) in [6.45, 7) is 6.33. The quantitative estimate of drug-likeness (QED) is 0.404. The molecule has 0 N–H and O–H groups in total. The molecule has 0 atom stereocenters. The summed E-state index contributed by atoms with van der Waals surface area (Å²) in [7, 11) is 1.37. The van der Waals surface area contributed by atoms with Gasteiger partial charge in [-0.25, -0.2) is 4.79 Å². The van der Waals surface area contributed by atoms with Gasteiger partial charge in [0.2, 0.25) is 17.6 Å². The van der Waals surface area contributed by atoms with Gasteiger partial charge in [-0.15, -0.1) is 0 Å². The van der Waals surface area contributed by atoms with Gasteiger partial charge in [0.1, 0.15) is 0 Å². The maximum Gasteiger partial charge on any atom is 0.351 e. The molecule has 0 radical (unpaired) electrons. The monoisotopic (exact) mass is 474 g/mol. The molecule has 0 aliphatic heterocycles. The first-order valence-electron chi connectivity index (χ1n) is 11.3. The van der Waals surface area contributed by atoms with Crippen molar-refractivity contribution >= 4 is 11.6 Å². The molecule has 2 aromatic carbocycles. The lowest BCUT2D eigenvalue weighted by atomic mass is 10.1. The molecule has 0 saturated carbocycles. The molecule has 180 valence electrons. The number of anilines is 1. The highest BCUT2D eigenvalue weighted by atomic mass is 16.5. The summed E-state index contributed by atoms with van der Waals surface area (Å²) in [5.41, 5.74) is 2.04. The summed E-state index contributed by atoms with van der Waals surface area (Å²) in [5, 5.41) is 8.09. The summed E-state index contributed by atoms with van der Waals surface area (Å²) in [6.07, 6.45) is 0.351. The molecule has 0 aliphatic carbocycles. The molecule has 0 spiro atoms. The van der Waals surface area contributed by atoms with E-state index in [1.165, 1.54) is 7.05 Å². The second kappa shape index (κ2) is 9.88. The van der Waals surface area contributed by atoms with Gasteiger partial charge in [-0.1, -0.05) is 41.1 Å². The number of hydrogen-bond donors (Lipinski definition) is 0. The fourth-order valence-electron chi connectivity index (χ4n) is 3.72. The van der Waals surface area contributed by atoms with Crippen molar-refractivity contribution in [1.29, 1.82) is 0 Å². The average molecular weight is 475 g/mol. The average Bonchev–Trinajstić information content (AvgIpc) is 3.32. The zero-order valence-corrected chi connectivity index (χ0v) is 20.1. The molecule has 35 heavy (non-hydrogen) atoms. The predicted octanol–water partition coefficient (Wildman–Crippen LogP) is 2.58. The van der Waals surface area contributed by atoms with Gasteiger partial charge in [0.15, 0.2) is 5.69 Å². The number of amides is 1. The van der Waals surface area contributed by atoms with Crippen molar-refractivity contribution in [3.05, 3.63) is 86.4 Å². The van der Waals surface area contributed by atoms with Crippen molar-refractivity contribution in [2.24, 2.45) is 7.05 Å². The van der Waals surface area contributed by atoms with Crippen LogP contribution in [0.2, 0.25) is 0 Å². The van der Waals surface area contributed by atoms with E-state index in [1.54, 1.807) is 17.0 Å². The van der Waals surface area contributed by atoms with Crippen molar-refractivity contribution in [1.82, 2.24) is 24.5 Å². The summed E-state index contributed by atoms with van der Waals surface area (Å²) in [5.74, 6) is 0.0785. The van der Waals surface area contributed by atoms with E-state index in [0.29, 0.717) is 12.2 Å². The van der Waals surface area contributed by atoms with Crippen LogP contribution in [0.4, 0.5) is 5.69 Å². The second-order valence-corrected chi connectivity index (χ2v) is 8.18. The zero-order valence-electron chi connectivity index (χ0n) is 20.1. The van der Waals surface area contributed by atoms with Gasteiger partial charge in [-0.3, -0.25) is 14.2 Å². The minimum Gasteiger partial charge on any atom is -0.339 e. The Morgan fingerprint density at radius 3 is 2.46 bits per heavy atom. The fourth-order valence-corrected chi connectivity index (χ4v) is 3.72. The van der Waals surface area contributed by atoms with Crippen LogP contribution in [-0.4, -0.2) is 36.9 Å². The lowest BCUT2D eigenvalue weighted by Crippen LogP contribution is -2.40. The van der Waals surface area contributed by atoms with Crippen LogP contribution in [0, 0.1) is 13.8 Å². The molecule has 4 rings (SSSR count). The molecule has 0 bridgehead atoms. The first-order chi connectivity index (χ1) is 16.8. The molecular formula is C25H26N6O4. The van der Waals surface area contributed by atoms with Gasteiger partial charge in [0.25, 0.3) is 5.56 Å². The van der Waals surface area contributed by atoms with Crippen LogP contribution in [0.15, 0.2) is 62.6 Å². The fraction of sp³-hybridized carbons (Fsp3) is 0.280. The third kappa shape index (κ3) is 4.81. The Balaban J connectivity index is 1.57. The van der Waals surface area contributed by atoms with E-state index in [9.17, 15) is 14.4 Å². The number of aryl methyl sites for hydroxylation is 3. The molecule has 10 heteroatoms. The van der Waals surface area contributed by atoms with Gasteiger partial charge >= 0.3 is 5.69 Å². The van der Waals surface area contributed by atoms with Crippen LogP contribution in [0.25, 0.3) is 17.2 Å². The van der Waals surface area contributed by atoms with E-state index in [2.05, 4.69) is 15.2 Å². The van der Waals surface area contributed by atoms with Crippen LogP contribution >= 0.6 is 0 Å². The summed E-state index contributed by atoms with van der Waals surface area (Å²) in [4.78, 5) is 44.2. The Bertz CT molecular complexity index is 1480. The third-order valence-electron chi connectivity index (χ3n) is 5.71. The van der Waals surface area contributed by atoms with Gasteiger partial charge in [-0.2, -0.15) is 14.8 Å². The summed E-state index contributed by atoms with van der Waals surface area (Å²) in [6, 6.07) is 14.8. The summed E-state index contributed by atoms with van der Waals surface area (Å²) >= 11 is 0. The van der Waals surface area contributed by atoms with Gasteiger partial charge in [-0.05, 0) is 44.5 Å². The maximum absolute atomic E-state index is 12.9. The number of carbonyl (C=O) groups excluding carboxylic acids is 1. The number of aromatic nitrogens is 5. The smallest absolute Gasteiger partial charge is 0.339 e. The van der Waals surface area contributed by atoms with E-state index < -0.39 is 11.2 Å². The number of hydrogen-bond acceptors (Lipinski definition) is 7. The minimum absolute atomic E-state index is 0.0415. The van der Waals surface area contributed by atoms with Gasteiger partial charge in [0, 0.05) is 32.1 Å². The number of nitrogens with zero attached hydrogens (tertiary/aromatic N) is 6. The second-order valence-electron chi connectivity index (χ2n) is 8.18. The number of rotatable bonds is 7. The Morgan fingerprint density at radius 1 is 1.06 bits per heavy atom. The molecule has 2 heterocycles. The third-order valence-corrected chi connectivity index (χ3v) is 5.71.